The second kappa shape index (κ2) is 13.9. The summed E-state index contributed by atoms with van der Waals surface area (Å²) in [5, 5.41) is 16.7. The number of rotatable bonds is 10. The molecule has 2 aliphatic heterocycles. The van der Waals surface area contributed by atoms with E-state index >= 15 is 0 Å². The van der Waals surface area contributed by atoms with Crippen LogP contribution >= 0.6 is 0 Å². The van der Waals surface area contributed by atoms with E-state index in [2.05, 4.69) is 43.4 Å². The number of amides is 1. The summed E-state index contributed by atoms with van der Waals surface area (Å²) < 4.78 is 6.11. The molecule has 5 N–H and O–H groups in total. The number of ether oxygens (including phenoxy) is 1. The lowest BCUT2D eigenvalue weighted by atomic mass is 9.93. The lowest BCUT2D eigenvalue weighted by Gasteiger charge is -2.42. The molecule has 230 valence electrons. The summed E-state index contributed by atoms with van der Waals surface area (Å²) in [6.07, 6.45) is 5.91. The molecule has 1 saturated carbocycles. The van der Waals surface area contributed by atoms with Gasteiger partial charge in [0.1, 0.15) is 11.6 Å². The van der Waals surface area contributed by atoms with Crippen LogP contribution in [-0.2, 0) is 6.42 Å². The highest BCUT2D eigenvalue weighted by Crippen LogP contribution is 2.35. The van der Waals surface area contributed by atoms with E-state index in [1.807, 2.05) is 26.0 Å². The number of aromatic nitrogens is 2. The molecular weight excluding hydrogens is 532 g/mol. The summed E-state index contributed by atoms with van der Waals surface area (Å²) in [5.74, 6) is 1.15. The number of nitrogens with one attached hydrogen (secondary N) is 2. The molecule has 3 aliphatic rings. The zero-order chi connectivity index (χ0) is 29.6. The molecule has 2 saturated heterocycles. The van der Waals surface area contributed by atoms with E-state index in [9.17, 15) is 9.90 Å². The van der Waals surface area contributed by atoms with E-state index in [-0.39, 0.29) is 17.8 Å². The molecule has 3 fully saturated rings. The van der Waals surface area contributed by atoms with Crippen molar-refractivity contribution in [1.82, 2.24) is 19.8 Å². The van der Waals surface area contributed by atoms with Crippen LogP contribution in [0.4, 0.5) is 23.0 Å². The predicted molar refractivity (Wildman–Crippen MR) is 167 cm³/mol. The Morgan fingerprint density at radius 2 is 1.71 bits per heavy atom. The summed E-state index contributed by atoms with van der Waals surface area (Å²) in [7, 11) is 2.20. The van der Waals surface area contributed by atoms with Crippen LogP contribution in [0.2, 0.25) is 0 Å². The predicted octanol–water partition coefficient (Wildman–Crippen LogP) is 3.21. The molecule has 0 radical (unpaired) electrons. The Morgan fingerprint density at radius 1 is 1.00 bits per heavy atom. The monoisotopic (exact) mass is 580 g/mol. The highest BCUT2D eigenvalue weighted by Gasteiger charge is 2.28. The number of carbonyl (C=O) groups excluding carboxylic acids is 1. The van der Waals surface area contributed by atoms with Gasteiger partial charge >= 0.3 is 0 Å². The highest BCUT2D eigenvalue weighted by molar-refractivity contribution is 5.96. The molecule has 11 nitrogen and oxygen atoms in total. The first kappa shape index (κ1) is 30.3. The van der Waals surface area contributed by atoms with Crippen LogP contribution in [0, 0.1) is 0 Å². The van der Waals surface area contributed by atoms with Crippen molar-refractivity contribution in [3.8, 4) is 5.75 Å². The third-order valence-corrected chi connectivity index (χ3v) is 8.96. The lowest BCUT2D eigenvalue weighted by molar-refractivity contribution is 0.0981. The van der Waals surface area contributed by atoms with Gasteiger partial charge in [0.25, 0.3) is 5.91 Å². The molecule has 1 amide bonds. The number of carbonyl (C=O) groups is 1. The van der Waals surface area contributed by atoms with Gasteiger partial charge < -0.3 is 36.0 Å². The normalized spacial score (nSPS) is 22.6. The quantitative estimate of drug-likeness (QED) is 0.332. The second-order valence-electron chi connectivity index (χ2n) is 11.9. The zero-order valence-corrected chi connectivity index (χ0v) is 25.4. The third kappa shape index (κ3) is 7.25. The summed E-state index contributed by atoms with van der Waals surface area (Å²) in [6.45, 7) is 11.1. The number of benzene rings is 1. The van der Waals surface area contributed by atoms with E-state index in [0.717, 1.165) is 94.9 Å². The first-order chi connectivity index (χ1) is 20.3. The smallest absolute Gasteiger partial charge is 0.271 e. The van der Waals surface area contributed by atoms with Crippen LogP contribution in [0.3, 0.4) is 0 Å². The molecular formula is C31H48N8O3. The number of piperazine rings is 1. The van der Waals surface area contributed by atoms with Gasteiger partial charge in [0.15, 0.2) is 11.5 Å². The maximum atomic E-state index is 12.4. The molecule has 3 heterocycles. The average molecular weight is 581 g/mol. The summed E-state index contributed by atoms with van der Waals surface area (Å²) in [5.41, 5.74) is 8.40. The van der Waals surface area contributed by atoms with Crippen LogP contribution in [-0.4, -0.2) is 102 Å². The number of aliphatic hydroxyl groups excluding tert-OH is 1. The molecule has 1 aromatic carbocycles. The topological polar surface area (TPSA) is 132 Å². The molecule has 1 aliphatic carbocycles. The average Bonchev–Trinajstić information content (AvgIpc) is 2.99. The first-order valence-corrected chi connectivity index (χ1v) is 15.7. The van der Waals surface area contributed by atoms with Gasteiger partial charge in [0.05, 0.1) is 24.1 Å². The Labute approximate surface area is 249 Å². The fraction of sp³-hybridized carbons (Fsp3) is 0.645. The lowest BCUT2D eigenvalue weighted by Crippen LogP contribution is -2.52. The van der Waals surface area contributed by atoms with Crippen molar-refractivity contribution in [2.75, 3.05) is 68.5 Å². The van der Waals surface area contributed by atoms with E-state index in [1.165, 1.54) is 0 Å². The maximum absolute atomic E-state index is 12.4. The summed E-state index contributed by atoms with van der Waals surface area (Å²) in [4.78, 5) is 29.3. The van der Waals surface area contributed by atoms with Gasteiger partial charge in [0.2, 0.25) is 0 Å². The summed E-state index contributed by atoms with van der Waals surface area (Å²) >= 11 is 0. The summed E-state index contributed by atoms with van der Waals surface area (Å²) in [6, 6.07) is 6.91. The number of anilines is 4. The number of primary amides is 1. The Kier molecular flexibility index (Phi) is 10.0. The minimum Gasteiger partial charge on any atom is -0.492 e. The number of hydrogen-bond donors (Lipinski definition) is 4. The minimum atomic E-state index is -0.628. The van der Waals surface area contributed by atoms with E-state index in [0.29, 0.717) is 36.4 Å². The molecule has 11 heteroatoms. The van der Waals surface area contributed by atoms with Crippen molar-refractivity contribution in [3.63, 3.8) is 0 Å². The number of hydrogen-bond acceptors (Lipinski definition) is 10. The van der Waals surface area contributed by atoms with Gasteiger partial charge in [-0.3, -0.25) is 9.69 Å². The van der Waals surface area contributed by atoms with E-state index in [4.69, 9.17) is 15.5 Å². The van der Waals surface area contributed by atoms with Gasteiger partial charge in [-0.1, -0.05) is 6.92 Å². The molecule has 0 unspecified atom stereocenters. The van der Waals surface area contributed by atoms with Crippen LogP contribution in [0.25, 0.3) is 0 Å². The van der Waals surface area contributed by atoms with Gasteiger partial charge in [-0.15, -0.1) is 0 Å². The van der Waals surface area contributed by atoms with Crippen molar-refractivity contribution in [2.45, 2.75) is 77.0 Å². The minimum absolute atomic E-state index is 0.115. The van der Waals surface area contributed by atoms with E-state index in [1.54, 1.807) is 0 Å². The molecule has 0 atom stereocenters. The van der Waals surface area contributed by atoms with Gasteiger partial charge in [-0.05, 0) is 71.0 Å². The largest absolute Gasteiger partial charge is 0.492 e. The molecule has 2 aromatic rings. The second-order valence-corrected chi connectivity index (χ2v) is 11.9. The zero-order valence-electron chi connectivity index (χ0n) is 25.4. The number of nitrogens with zero attached hydrogens (tertiary/aromatic N) is 5. The van der Waals surface area contributed by atoms with Crippen LogP contribution in [0.1, 0.15) is 68.6 Å². The molecule has 1 aromatic heterocycles. The van der Waals surface area contributed by atoms with Crippen LogP contribution in [0.5, 0.6) is 5.75 Å². The Balaban J connectivity index is 1.32. The van der Waals surface area contributed by atoms with Gasteiger partial charge in [-0.2, -0.15) is 0 Å². The van der Waals surface area contributed by atoms with Gasteiger partial charge in [0, 0.05) is 63.1 Å². The SMILES string of the molecule is CCOc1cc(Nc2nc(N[C@H]3CC[C@H](O)CC3)c(CC)nc2C(N)=O)ccc1N1CCC(N2CCN(C)CC2)CC1. The fourth-order valence-corrected chi connectivity index (χ4v) is 6.42. The number of aliphatic hydroxyl groups is 1. The van der Waals surface area contributed by atoms with Crippen molar-refractivity contribution < 1.29 is 14.6 Å². The van der Waals surface area contributed by atoms with Crippen LogP contribution < -0.4 is 26.0 Å². The van der Waals surface area contributed by atoms with Crippen molar-refractivity contribution >= 4 is 28.9 Å². The molecule has 5 rings (SSSR count). The fourth-order valence-electron chi connectivity index (χ4n) is 6.42. The van der Waals surface area contributed by atoms with Crippen molar-refractivity contribution in [3.05, 3.63) is 29.6 Å². The van der Waals surface area contributed by atoms with Crippen molar-refractivity contribution in [1.29, 1.82) is 0 Å². The number of aryl methyl sites for hydroxylation is 1. The molecule has 0 bridgehead atoms. The van der Waals surface area contributed by atoms with Gasteiger partial charge in [-0.25, -0.2) is 9.97 Å². The van der Waals surface area contributed by atoms with E-state index < -0.39 is 5.91 Å². The number of likely N-dealkylation sites (N-methyl/N-ethyl adjacent to an activating group) is 1. The molecule has 0 spiro atoms. The Hall–Kier alpha value is -3.15. The first-order valence-electron chi connectivity index (χ1n) is 15.7. The maximum Gasteiger partial charge on any atom is 0.271 e. The molecule has 42 heavy (non-hydrogen) atoms. The highest BCUT2D eigenvalue weighted by atomic mass is 16.5. The van der Waals surface area contributed by atoms with Crippen molar-refractivity contribution in [2.24, 2.45) is 5.73 Å². The standard InChI is InChI=1S/C31H48N8O3/c1-4-25-30(33-21-6-9-24(40)10-7-21)36-31(28(35-25)29(32)41)34-22-8-11-26(27(20-22)42-5-2)39-14-12-23(13-15-39)38-18-16-37(3)17-19-38/h8,11,20-21,23-24,40H,4-7,9-10,12-19H2,1-3H3,(H2,32,41)(H2,33,34,36)/t21-,24-. The number of nitrogens with two attached hydrogens (primary N) is 1. The Morgan fingerprint density at radius 3 is 2.36 bits per heavy atom. The van der Waals surface area contributed by atoms with Crippen LogP contribution in [0.15, 0.2) is 18.2 Å². The third-order valence-electron chi connectivity index (χ3n) is 8.96. The Bertz CT molecular complexity index is 1200. The number of piperidine rings is 1.